The Kier molecular flexibility index (Phi) is 4.18. The van der Waals surface area contributed by atoms with Crippen molar-refractivity contribution >= 4 is 11.6 Å². The van der Waals surface area contributed by atoms with Gasteiger partial charge in [-0.2, -0.15) is 0 Å². The summed E-state index contributed by atoms with van der Waals surface area (Å²) in [6.45, 7) is 1.38. The lowest BCUT2D eigenvalue weighted by molar-refractivity contribution is 0.0995. The number of aliphatic hydroxyl groups excluding tert-OH is 1. The summed E-state index contributed by atoms with van der Waals surface area (Å²) in [5.74, 6) is 4.85. The molecular formula is C15H12FNO3. The second-order valence-corrected chi connectivity index (χ2v) is 4.01. The first-order valence-electron chi connectivity index (χ1n) is 5.87. The minimum absolute atomic E-state index is 0.160. The number of carbonyl (C=O) groups is 1. The van der Waals surface area contributed by atoms with Gasteiger partial charge in [-0.15, -0.1) is 0 Å². The molecule has 102 valence electrons. The van der Waals surface area contributed by atoms with Gasteiger partial charge in [-0.3, -0.25) is 4.79 Å². The number of benzene rings is 1. The van der Waals surface area contributed by atoms with Crippen LogP contribution in [0.25, 0.3) is 0 Å². The van der Waals surface area contributed by atoms with Gasteiger partial charge in [-0.25, -0.2) is 4.39 Å². The first-order valence-corrected chi connectivity index (χ1v) is 5.87. The van der Waals surface area contributed by atoms with Crippen LogP contribution in [0.3, 0.4) is 0 Å². The van der Waals surface area contributed by atoms with Crippen LogP contribution in [0.2, 0.25) is 0 Å². The first kappa shape index (κ1) is 13.8. The highest BCUT2D eigenvalue weighted by Crippen LogP contribution is 2.18. The number of carbonyl (C=O) groups excluding carboxylic acids is 1. The van der Waals surface area contributed by atoms with Crippen molar-refractivity contribution in [3.63, 3.8) is 0 Å². The molecule has 0 bridgehead atoms. The fourth-order valence-corrected chi connectivity index (χ4v) is 1.60. The topological polar surface area (TPSA) is 62.5 Å². The van der Waals surface area contributed by atoms with Gasteiger partial charge in [0.2, 0.25) is 0 Å². The zero-order chi connectivity index (χ0) is 14.5. The fourth-order valence-electron chi connectivity index (χ4n) is 1.60. The van der Waals surface area contributed by atoms with Crippen molar-refractivity contribution in [1.29, 1.82) is 0 Å². The molecule has 0 spiro atoms. The van der Waals surface area contributed by atoms with Gasteiger partial charge >= 0.3 is 0 Å². The number of nitrogens with one attached hydrogen (secondary N) is 1. The molecule has 0 atom stereocenters. The van der Waals surface area contributed by atoms with Crippen LogP contribution in [0, 0.1) is 24.6 Å². The Balaban J connectivity index is 2.26. The largest absolute Gasteiger partial charge is 0.456 e. The zero-order valence-corrected chi connectivity index (χ0v) is 10.7. The second kappa shape index (κ2) is 6.04. The van der Waals surface area contributed by atoms with E-state index in [1.165, 1.54) is 18.2 Å². The van der Waals surface area contributed by atoms with Gasteiger partial charge < -0.3 is 14.8 Å². The van der Waals surface area contributed by atoms with Crippen LogP contribution in [-0.4, -0.2) is 17.6 Å². The van der Waals surface area contributed by atoms with Crippen LogP contribution < -0.4 is 5.32 Å². The highest BCUT2D eigenvalue weighted by atomic mass is 19.1. The van der Waals surface area contributed by atoms with Gasteiger partial charge in [0.05, 0.1) is 11.3 Å². The number of furan rings is 1. The van der Waals surface area contributed by atoms with Gasteiger partial charge in [0, 0.05) is 0 Å². The van der Waals surface area contributed by atoms with Crippen LogP contribution in [0.4, 0.5) is 10.1 Å². The summed E-state index contributed by atoms with van der Waals surface area (Å²) in [4.78, 5) is 11.9. The third kappa shape index (κ3) is 3.25. The summed E-state index contributed by atoms with van der Waals surface area (Å²) in [7, 11) is 0. The molecule has 0 saturated heterocycles. The molecule has 0 fully saturated rings. The van der Waals surface area contributed by atoms with Crippen LogP contribution in [0.15, 0.2) is 34.7 Å². The maximum atomic E-state index is 13.2. The van der Waals surface area contributed by atoms with E-state index in [9.17, 15) is 9.18 Å². The Bertz CT molecular complexity index is 695. The average molecular weight is 273 g/mol. The summed E-state index contributed by atoms with van der Waals surface area (Å²) < 4.78 is 18.4. The first-order chi connectivity index (χ1) is 9.60. The average Bonchev–Trinajstić information content (AvgIpc) is 2.85. The fraction of sp³-hybridized carbons (Fsp3) is 0.133. The zero-order valence-electron chi connectivity index (χ0n) is 10.7. The molecule has 2 aromatic rings. The van der Waals surface area contributed by atoms with Gasteiger partial charge in [-0.1, -0.05) is 11.8 Å². The van der Waals surface area contributed by atoms with Crippen molar-refractivity contribution in [2.24, 2.45) is 0 Å². The van der Waals surface area contributed by atoms with E-state index in [1.807, 2.05) is 0 Å². The molecule has 1 aromatic heterocycles. The number of halogens is 1. The van der Waals surface area contributed by atoms with Crippen LogP contribution >= 0.6 is 0 Å². The van der Waals surface area contributed by atoms with E-state index >= 15 is 0 Å². The molecule has 0 aliphatic rings. The van der Waals surface area contributed by atoms with Gasteiger partial charge in [0.15, 0.2) is 5.76 Å². The predicted octanol–water partition coefficient (Wildman–Crippen LogP) is 2.32. The van der Waals surface area contributed by atoms with Crippen LogP contribution in [-0.2, 0) is 0 Å². The molecular weight excluding hydrogens is 261 g/mol. The Hall–Kier alpha value is -2.58. The molecule has 2 N–H and O–H groups in total. The maximum absolute atomic E-state index is 13.2. The number of anilines is 1. The van der Waals surface area contributed by atoms with Crippen molar-refractivity contribution in [1.82, 2.24) is 0 Å². The predicted molar refractivity (Wildman–Crippen MR) is 71.8 cm³/mol. The molecule has 2 rings (SSSR count). The Morgan fingerprint density at radius 2 is 2.20 bits per heavy atom. The van der Waals surface area contributed by atoms with Gasteiger partial charge in [0.1, 0.15) is 18.2 Å². The van der Waals surface area contributed by atoms with E-state index in [4.69, 9.17) is 9.52 Å². The van der Waals surface area contributed by atoms with E-state index < -0.39 is 11.7 Å². The third-order valence-corrected chi connectivity index (χ3v) is 2.50. The number of rotatable bonds is 2. The van der Waals surface area contributed by atoms with Crippen molar-refractivity contribution in [2.45, 2.75) is 6.92 Å². The summed E-state index contributed by atoms with van der Waals surface area (Å²) >= 11 is 0. The molecule has 20 heavy (non-hydrogen) atoms. The summed E-state index contributed by atoms with van der Waals surface area (Å²) in [6.07, 6.45) is 0. The molecule has 0 unspecified atom stereocenters. The van der Waals surface area contributed by atoms with Crippen molar-refractivity contribution in [3.05, 3.63) is 53.2 Å². The number of hydrogen-bond acceptors (Lipinski definition) is 3. The van der Waals surface area contributed by atoms with Crippen molar-refractivity contribution < 1.29 is 18.7 Å². The molecule has 1 amide bonds. The molecule has 0 saturated carbocycles. The molecule has 5 heteroatoms. The monoisotopic (exact) mass is 273 g/mol. The molecule has 1 aromatic carbocycles. The summed E-state index contributed by atoms with van der Waals surface area (Å²) in [5, 5.41) is 11.3. The highest BCUT2D eigenvalue weighted by molar-refractivity contribution is 6.03. The third-order valence-electron chi connectivity index (χ3n) is 2.50. The van der Waals surface area contributed by atoms with E-state index in [0.717, 1.165) is 0 Å². The number of aliphatic hydroxyl groups is 1. The molecule has 0 aliphatic heterocycles. The van der Waals surface area contributed by atoms with Gasteiger partial charge in [0.25, 0.3) is 5.91 Å². The normalized spacial score (nSPS) is 9.75. The standard InChI is InChI=1S/C15H12FNO3/c1-10-4-7-14(20-10)15(19)17-13-6-5-12(16)9-11(13)3-2-8-18/h4-7,9,18H,8H2,1H3,(H,17,19). The van der Waals surface area contributed by atoms with E-state index in [-0.39, 0.29) is 17.9 Å². The second-order valence-electron chi connectivity index (χ2n) is 4.01. The highest BCUT2D eigenvalue weighted by Gasteiger charge is 2.12. The lowest BCUT2D eigenvalue weighted by atomic mass is 10.1. The lowest BCUT2D eigenvalue weighted by Gasteiger charge is -2.06. The number of amides is 1. The van der Waals surface area contributed by atoms with E-state index in [1.54, 1.807) is 19.1 Å². The van der Waals surface area contributed by atoms with Crippen molar-refractivity contribution in [2.75, 3.05) is 11.9 Å². The van der Waals surface area contributed by atoms with Crippen LogP contribution in [0.1, 0.15) is 21.9 Å². The quantitative estimate of drug-likeness (QED) is 0.825. The van der Waals surface area contributed by atoms with E-state index in [2.05, 4.69) is 17.2 Å². The minimum Gasteiger partial charge on any atom is -0.456 e. The summed E-state index contributed by atoms with van der Waals surface area (Å²) in [6, 6.07) is 7.03. The molecule has 0 radical (unpaired) electrons. The Morgan fingerprint density at radius 1 is 1.40 bits per heavy atom. The Morgan fingerprint density at radius 3 is 2.85 bits per heavy atom. The number of hydrogen-bond donors (Lipinski definition) is 2. The van der Waals surface area contributed by atoms with E-state index in [0.29, 0.717) is 11.4 Å². The molecule has 4 nitrogen and oxygen atoms in total. The Labute approximate surface area is 115 Å². The lowest BCUT2D eigenvalue weighted by Crippen LogP contribution is -2.12. The smallest absolute Gasteiger partial charge is 0.291 e. The maximum Gasteiger partial charge on any atom is 0.291 e. The summed E-state index contributed by atoms with van der Waals surface area (Å²) in [5.41, 5.74) is 0.641. The van der Waals surface area contributed by atoms with Crippen LogP contribution in [0.5, 0.6) is 0 Å². The number of aryl methyl sites for hydroxylation is 1. The minimum atomic E-state index is -0.473. The molecule has 1 heterocycles. The SMILES string of the molecule is Cc1ccc(C(=O)Nc2ccc(F)cc2C#CCO)o1. The van der Waals surface area contributed by atoms with Gasteiger partial charge in [-0.05, 0) is 37.3 Å². The molecule has 0 aliphatic carbocycles. The van der Waals surface area contributed by atoms with Crippen molar-refractivity contribution in [3.8, 4) is 11.8 Å².